The zero-order chi connectivity index (χ0) is 10.7. The Kier molecular flexibility index (Phi) is 3.03. The summed E-state index contributed by atoms with van der Waals surface area (Å²) in [5.74, 6) is 0. The van der Waals surface area contributed by atoms with Crippen LogP contribution in [0.2, 0.25) is 0 Å². The summed E-state index contributed by atoms with van der Waals surface area (Å²) in [5.41, 5.74) is 0.377. The van der Waals surface area contributed by atoms with Crippen LogP contribution in [-0.2, 0) is 5.60 Å². The van der Waals surface area contributed by atoms with Gasteiger partial charge in [-0.2, -0.15) is 0 Å². The molecule has 0 amide bonds. The van der Waals surface area contributed by atoms with Crippen LogP contribution in [0.4, 0.5) is 0 Å². The molecular formula is C12H18N2O. The van der Waals surface area contributed by atoms with E-state index in [4.69, 9.17) is 0 Å². The van der Waals surface area contributed by atoms with Crippen LogP contribution in [0.5, 0.6) is 0 Å². The largest absolute Gasteiger partial charge is 0.385 e. The highest BCUT2D eigenvalue weighted by atomic mass is 16.3. The van der Waals surface area contributed by atoms with Gasteiger partial charge in [-0.25, -0.2) is 0 Å². The van der Waals surface area contributed by atoms with Gasteiger partial charge in [-0.05, 0) is 37.1 Å². The third-order valence-corrected chi connectivity index (χ3v) is 3.35. The molecule has 0 spiro atoms. The van der Waals surface area contributed by atoms with Gasteiger partial charge >= 0.3 is 0 Å². The Morgan fingerprint density at radius 2 is 1.93 bits per heavy atom. The van der Waals surface area contributed by atoms with E-state index in [1.165, 1.54) is 0 Å². The molecule has 3 nitrogen and oxygen atoms in total. The summed E-state index contributed by atoms with van der Waals surface area (Å²) in [6.45, 7) is 5.20. The van der Waals surface area contributed by atoms with Crippen LogP contribution < -0.4 is 0 Å². The summed E-state index contributed by atoms with van der Waals surface area (Å²) in [7, 11) is 0. The highest BCUT2D eigenvalue weighted by Crippen LogP contribution is 2.31. The monoisotopic (exact) mass is 206 g/mol. The molecule has 0 atom stereocenters. The van der Waals surface area contributed by atoms with Gasteiger partial charge in [0.2, 0.25) is 0 Å². The number of likely N-dealkylation sites (tertiary alicyclic amines) is 1. The van der Waals surface area contributed by atoms with Crippen molar-refractivity contribution in [3.05, 3.63) is 30.1 Å². The molecule has 1 aliphatic rings. The van der Waals surface area contributed by atoms with E-state index in [9.17, 15) is 5.11 Å². The molecule has 0 radical (unpaired) electrons. The average Bonchev–Trinajstić information content (AvgIpc) is 2.31. The second-order valence-corrected chi connectivity index (χ2v) is 4.20. The maximum Gasteiger partial charge on any atom is 0.0922 e. The minimum atomic E-state index is -0.630. The predicted molar refractivity (Wildman–Crippen MR) is 59.5 cm³/mol. The summed E-state index contributed by atoms with van der Waals surface area (Å²) < 4.78 is 0. The minimum Gasteiger partial charge on any atom is -0.385 e. The number of hydrogen-bond acceptors (Lipinski definition) is 3. The summed E-state index contributed by atoms with van der Waals surface area (Å²) in [6, 6.07) is 3.84. The lowest BCUT2D eigenvalue weighted by molar-refractivity contribution is -0.0247. The zero-order valence-corrected chi connectivity index (χ0v) is 9.19. The van der Waals surface area contributed by atoms with Crippen LogP contribution in [-0.4, -0.2) is 34.6 Å². The molecule has 1 fully saturated rings. The van der Waals surface area contributed by atoms with E-state index in [1.54, 1.807) is 12.4 Å². The number of aliphatic hydroxyl groups is 1. The van der Waals surface area contributed by atoms with Gasteiger partial charge in [-0.1, -0.05) is 6.92 Å². The van der Waals surface area contributed by atoms with Crippen LogP contribution in [0.1, 0.15) is 25.3 Å². The van der Waals surface area contributed by atoms with Crippen LogP contribution in [0.15, 0.2) is 24.5 Å². The summed E-state index contributed by atoms with van der Waals surface area (Å²) in [4.78, 5) is 6.35. The molecule has 0 unspecified atom stereocenters. The summed E-state index contributed by atoms with van der Waals surface area (Å²) in [6.07, 6.45) is 5.15. The quantitative estimate of drug-likeness (QED) is 0.794. The first-order valence-electron chi connectivity index (χ1n) is 5.60. The predicted octanol–water partition coefficient (Wildman–Crippen LogP) is 1.38. The van der Waals surface area contributed by atoms with Crippen molar-refractivity contribution in [3.8, 4) is 0 Å². The molecule has 0 aromatic carbocycles. The second kappa shape index (κ2) is 4.29. The Labute approximate surface area is 90.8 Å². The van der Waals surface area contributed by atoms with Gasteiger partial charge in [0.1, 0.15) is 0 Å². The Balaban J connectivity index is 2.10. The van der Waals surface area contributed by atoms with E-state index in [2.05, 4.69) is 16.8 Å². The van der Waals surface area contributed by atoms with Gasteiger partial charge < -0.3 is 10.0 Å². The van der Waals surface area contributed by atoms with Gasteiger partial charge in [0.15, 0.2) is 0 Å². The van der Waals surface area contributed by atoms with Crippen molar-refractivity contribution < 1.29 is 5.11 Å². The molecule has 1 saturated heterocycles. The van der Waals surface area contributed by atoms with E-state index in [-0.39, 0.29) is 0 Å². The number of hydrogen-bond donors (Lipinski definition) is 1. The molecule has 1 N–H and O–H groups in total. The summed E-state index contributed by atoms with van der Waals surface area (Å²) in [5, 5.41) is 10.5. The van der Waals surface area contributed by atoms with E-state index >= 15 is 0 Å². The summed E-state index contributed by atoms with van der Waals surface area (Å²) >= 11 is 0. The fourth-order valence-corrected chi connectivity index (χ4v) is 2.19. The van der Waals surface area contributed by atoms with Crippen molar-refractivity contribution in [2.75, 3.05) is 19.6 Å². The van der Waals surface area contributed by atoms with Gasteiger partial charge in [-0.15, -0.1) is 0 Å². The average molecular weight is 206 g/mol. The van der Waals surface area contributed by atoms with Crippen LogP contribution in [0.3, 0.4) is 0 Å². The molecule has 2 rings (SSSR count). The first kappa shape index (κ1) is 10.6. The highest BCUT2D eigenvalue weighted by Gasteiger charge is 2.33. The molecule has 0 saturated carbocycles. The van der Waals surface area contributed by atoms with E-state index in [1.807, 2.05) is 12.1 Å². The fourth-order valence-electron chi connectivity index (χ4n) is 2.19. The van der Waals surface area contributed by atoms with Gasteiger partial charge in [-0.3, -0.25) is 4.98 Å². The Bertz CT molecular complexity index is 305. The van der Waals surface area contributed by atoms with Crippen LogP contribution in [0.25, 0.3) is 0 Å². The maximum absolute atomic E-state index is 10.5. The lowest BCUT2D eigenvalue weighted by Gasteiger charge is -2.38. The smallest absolute Gasteiger partial charge is 0.0922 e. The topological polar surface area (TPSA) is 36.4 Å². The molecule has 3 heteroatoms. The van der Waals surface area contributed by atoms with E-state index < -0.39 is 5.60 Å². The molecular weight excluding hydrogens is 188 g/mol. The fraction of sp³-hybridized carbons (Fsp3) is 0.583. The number of aromatic nitrogens is 1. The van der Waals surface area contributed by atoms with E-state index in [0.717, 1.165) is 38.0 Å². The molecule has 1 aliphatic heterocycles. The van der Waals surface area contributed by atoms with E-state index in [0.29, 0.717) is 0 Å². The lowest BCUT2D eigenvalue weighted by atomic mass is 9.85. The SMILES string of the molecule is CCN1CCC(O)(c2ccncc2)CC1. The molecule has 2 heterocycles. The van der Waals surface area contributed by atoms with Gasteiger partial charge in [0.05, 0.1) is 5.60 Å². The van der Waals surface area contributed by atoms with Gasteiger partial charge in [0.25, 0.3) is 0 Å². The van der Waals surface area contributed by atoms with Crippen molar-refractivity contribution >= 4 is 0 Å². The van der Waals surface area contributed by atoms with Crippen molar-refractivity contribution in [1.29, 1.82) is 0 Å². The Morgan fingerprint density at radius 3 is 2.47 bits per heavy atom. The van der Waals surface area contributed by atoms with Crippen molar-refractivity contribution in [2.24, 2.45) is 0 Å². The first-order valence-corrected chi connectivity index (χ1v) is 5.60. The molecule has 82 valence electrons. The Morgan fingerprint density at radius 1 is 1.33 bits per heavy atom. The molecule has 1 aromatic heterocycles. The van der Waals surface area contributed by atoms with Crippen LogP contribution in [0, 0.1) is 0 Å². The standard InChI is InChI=1S/C12H18N2O/c1-2-14-9-5-12(15,6-10-14)11-3-7-13-8-4-11/h3-4,7-8,15H,2,5-6,9-10H2,1H3. The zero-order valence-electron chi connectivity index (χ0n) is 9.19. The maximum atomic E-state index is 10.5. The molecule has 0 aliphatic carbocycles. The van der Waals surface area contributed by atoms with Crippen molar-refractivity contribution in [2.45, 2.75) is 25.4 Å². The lowest BCUT2D eigenvalue weighted by Crippen LogP contribution is -2.42. The number of rotatable bonds is 2. The van der Waals surface area contributed by atoms with Crippen LogP contribution >= 0.6 is 0 Å². The number of nitrogens with zero attached hydrogens (tertiary/aromatic N) is 2. The van der Waals surface area contributed by atoms with Gasteiger partial charge in [0, 0.05) is 25.5 Å². The van der Waals surface area contributed by atoms with Crippen molar-refractivity contribution in [3.63, 3.8) is 0 Å². The molecule has 0 bridgehead atoms. The third kappa shape index (κ3) is 2.19. The number of pyridine rings is 1. The molecule has 1 aromatic rings. The normalized spacial score (nSPS) is 21.5. The molecule has 15 heavy (non-hydrogen) atoms. The second-order valence-electron chi connectivity index (χ2n) is 4.20. The first-order chi connectivity index (χ1) is 7.24. The van der Waals surface area contributed by atoms with Crippen molar-refractivity contribution in [1.82, 2.24) is 9.88 Å². The Hall–Kier alpha value is -0.930. The number of piperidine rings is 1. The highest BCUT2D eigenvalue weighted by molar-refractivity contribution is 5.19. The minimum absolute atomic E-state index is 0.630. The third-order valence-electron chi connectivity index (χ3n) is 3.35.